The van der Waals surface area contributed by atoms with Gasteiger partial charge in [-0.3, -0.25) is 19.4 Å². The monoisotopic (exact) mass is 555 g/mol. The lowest BCUT2D eigenvalue weighted by molar-refractivity contribution is -0.136. The van der Waals surface area contributed by atoms with Crippen molar-refractivity contribution >= 4 is 35.1 Å². The number of amides is 2. The molecule has 0 saturated heterocycles. The second kappa shape index (κ2) is 12.3. The number of halogens is 2. The highest BCUT2D eigenvalue weighted by Crippen LogP contribution is 2.42. The Labute approximate surface area is 233 Å². The van der Waals surface area contributed by atoms with Crippen molar-refractivity contribution in [3.63, 3.8) is 0 Å². The summed E-state index contributed by atoms with van der Waals surface area (Å²) >= 11 is 6.06. The van der Waals surface area contributed by atoms with Gasteiger partial charge in [-0.15, -0.1) is 0 Å². The molecule has 2 aliphatic rings. The van der Waals surface area contributed by atoms with Crippen molar-refractivity contribution in [1.82, 2.24) is 10.2 Å². The van der Waals surface area contributed by atoms with Crippen LogP contribution in [0.5, 0.6) is 0 Å². The molecule has 4 rings (SSSR count). The lowest BCUT2D eigenvalue weighted by atomic mass is 9.74. The molecule has 1 heterocycles. The van der Waals surface area contributed by atoms with Gasteiger partial charge < -0.3 is 15.3 Å². The van der Waals surface area contributed by atoms with Gasteiger partial charge in [0.15, 0.2) is 0 Å². The number of carboxylic acids is 1. The molecule has 0 aromatic heterocycles. The summed E-state index contributed by atoms with van der Waals surface area (Å²) in [5, 5.41) is 11.3. The van der Waals surface area contributed by atoms with Crippen LogP contribution in [0.2, 0.25) is 5.02 Å². The lowest BCUT2D eigenvalue weighted by Crippen LogP contribution is -2.45. The number of nitrogens with one attached hydrogen (secondary N) is 1. The summed E-state index contributed by atoms with van der Waals surface area (Å²) in [6.07, 6.45) is 3.23. The minimum absolute atomic E-state index is 0.0448. The first kappa shape index (κ1) is 28.7. The lowest BCUT2D eigenvalue weighted by Gasteiger charge is -2.41. The van der Waals surface area contributed by atoms with Crippen LogP contribution in [0.25, 0.3) is 0 Å². The maximum Gasteiger partial charge on any atom is 0.305 e. The number of carboxylic acid groups (broad SMARTS) is 1. The second-order valence-electron chi connectivity index (χ2n) is 10.7. The predicted octanol–water partition coefficient (Wildman–Crippen LogP) is 5.86. The van der Waals surface area contributed by atoms with E-state index in [1.807, 2.05) is 24.0 Å². The highest BCUT2D eigenvalue weighted by Gasteiger charge is 2.45. The van der Waals surface area contributed by atoms with Crippen molar-refractivity contribution in [3.05, 3.63) is 70.0 Å². The van der Waals surface area contributed by atoms with Crippen molar-refractivity contribution in [2.45, 2.75) is 65.1 Å². The molecule has 2 aromatic rings. The van der Waals surface area contributed by atoms with Gasteiger partial charge in [0.2, 0.25) is 0 Å². The molecule has 2 amide bonds. The molecule has 2 N–H and O–H groups in total. The summed E-state index contributed by atoms with van der Waals surface area (Å²) in [6.45, 7) is 6.54. The fourth-order valence-electron chi connectivity index (χ4n) is 5.93. The van der Waals surface area contributed by atoms with Crippen LogP contribution in [0, 0.1) is 23.6 Å². The van der Waals surface area contributed by atoms with Crippen molar-refractivity contribution in [1.29, 1.82) is 0 Å². The van der Waals surface area contributed by atoms with Crippen molar-refractivity contribution in [3.8, 4) is 0 Å². The first-order valence-electron chi connectivity index (χ1n) is 13.6. The fourth-order valence-corrected chi connectivity index (χ4v) is 6.11. The third-order valence-electron chi connectivity index (χ3n) is 7.96. The Morgan fingerprint density at radius 2 is 1.90 bits per heavy atom. The van der Waals surface area contributed by atoms with Gasteiger partial charge in [-0.2, -0.15) is 0 Å². The fraction of sp³-hybridized carbons (Fsp3) is 0.467. The third kappa shape index (κ3) is 6.32. The van der Waals surface area contributed by atoms with Crippen LogP contribution in [0.4, 0.5) is 4.39 Å². The van der Waals surface area contributed by atoms with E-state index in [1.54, 1.807) is 18.2 Å². The third-order valence-corrected chi connectivity index (χ3v) is 8.25. The number of aliphatic imine (C=N–C) groups is 1. The number of rotatable bonds is 9. The van der Waals surface area contributed by atoms with Crippen LogP contribution in [0.15, 0.2) is 47.5 Å². The molecular weight excluding hydrogens is 521 g/mol. The number of aliphatic carboxylic acids is 1. The van der Waals surface area contributed by atoms with Gasteiger partial charge >= 0.3 is 5.97 Å². The first-order valence-corrected chi connectivity index (χ1v) is 13.9. The van der Waals surface area contributed by atoms with Crippen molar-refractivity contribution in [2.24, 2.45) is 22.7 Å². The summed E-state index contributed by atoms with van der Waals surface area (Å²) < 4.78 is 13.9. The van der Waals surface area contributed by atoms with Gasteiger partial charge in [-0.1, -0.05) is 50.9 Å². The van der Waals surface area contributed by atoms with Crippen LogP contribution in [-0.4, -0.2) is 46.2 Å². The van der Waals surface area contributed by atoms with Gasteiger partial charge in [0.25, 0.3) is 11.8 Å². The molecular formula is C30H35ClFN3O4. The second-order valence-corrected chi connectivity index (χ2v) is 11.1. The van der Waals surface area contributed by atoms with E-state index in [-0.39, 0.29) is 47.9 Å². The smallest absolute Gasteiger partial charge is 0.305 e. The van der Waals surface area contributed by atoms with Gasteiger partial charge in [-0.25, -0.2) is 4.39 Å². The quantitative estimate of drug-likeness (QED) is 0.404. The Morgan fingerprint density at radius 3 is 2.51 bits per heavy atom. The van der Waals surface area contributed by atoms with Crippen LogP contribution in [-0.2, 0) is 9.59 Å². The largest absolute Gasteiger partial charge is 0.481 e. The zero-order valence-corrected chi connectivity index (χ0v) is 23.2. The standard InChI is InChI=1S/C30H35ClFN3O4/c1-4-25(19-6-8-20(9-7-19)29(38)33-14-13-26(36)37)35-28(22-11-5-17(2)15-18(22)3)34-27(30(35)39)21-10-12-24(32)23(31)16-21/h6-10,12,16-18,22,25,28H,4-5,11,13-15H2,1-3H3,(H,33,38)(H,36,37). The number of hydrogen-bond acceptors (Lipinski definition) is 4. The van der Waals surface area contributed by atoms with Gasteiger partial charge in [0.1, 0.15) is 17.7 Å². The van der Waals surface area contributed by atoms with Gasteiger partial charge in [0.05, 0.1) is 17.5 Å². The molecule has 5 atom stereocenters. The van der Waals surface area contributed by atoms with E-state index in [9.17, 15) is 18.8 Å². The van der Waals surface area contributed by atoms with Crippen LogP contribution in [0.3, 0.4) is 0 Å². The SMILES string of the molecule is CCC(c1ccc(C(=O)NCCC(=O)O)cc1)N1C(=O)C(c2ccc(F)c(Cl)c2)=NC1C1CCC(C)CC1C. The average Bonchev–Trinajstić information content (AvgIpc) is 3.23. The molecule has 1 saturated carbocycles. The Hall–Kier alpha value is -3.26. The summed E-state index contributed by atoms with van der Waals surface area (Å²) in [5.41, 5.74) is 2.08. The number of benzene rings is 2. The molecule has 9 heteroatoms. The number of hydrogen-bond donors (Lipinski definition) is 2. The zero-order valence-electron chi connectivity index (χ0n) is 22.5. The Balaban J connectivity index is 1.64. The Bertz CT molecular complexity index is 1270. The van der Waals surface area contributed by atoms with E-state index in [0.29, 0.717) is 35.1 Å². The summed E-state index contributed by atoms with van der Waals surface area (Å²) in [4.78, 5) is 44.0. The maximum absolute atomic E-state index is 14.0. The number of carbonyl (C=O) groups excluding carboxylic acids is 2. The van der Waals surface area contributed by atoms with E-state index in [4.69, 9.17) is 21.7 Å². The topological polar surface area (TPSA) is 99.1 Å². The van der Waals surface area contributed by atoms with E-state index in [0.717, 1.165) is 24.8 Å². The van der Waals surface area contributed by atoms with E-state index in [2.05, 4.69) is 19.2 Å². The van der Waals surface area contributed by atoms with E-state index in [1.165, 1.54) is 12.1 Å². The maximum atomic E-state index is 14.0. The molecule has 1 fully saturated rings. The van der Waals surface area contributed by atoms with Crippen LogP contribution < -0.4 is 5.32 Å². The molecule has 1 aliphatic carbocycles. The summed E-state index contributed by atoms with van der Waals surface area (Å²) in [5.74, 6) is -0.904. The van der Waals surface area contributed by atoms with Crippen LogP contribution in [0.1, 0.15) is 80.4 Å². The van der Waals surface area contributed by atoms with Gasteiger partial charge in [0, 0.05) is 23.6 Å². The molecule has 5 unspecified atom stereocenters. The summed E-state index contributed by atoms with van der Waals surface area (Å²) in [7, 11) is 0. The Kier molecular flexibility index (Phi) is 9.05. The highest BCUT2D eigenvalue weighted by atomic mass is 35.5. The molecule has 39 heavy (non-hydrogen) atoms. The zero-order chi connectivity index (χ0) is 28.3. The first-order chi connectivity index (χ1) is 18.6. The van der Waals surface area contributed by atoms with Crippen molar-refractivity contribution in [2.75, 3.05) is 6.54 Å². The molecule has 208 valence electrons. The summed E-state index contributed by atoms with van der Waals surface area (Å²) in [6, 6.07) is 11.0. The number of nitrogens with zero attached hydrogens (tertiary/aromatic N) is 2. The highest BCUT2D eigenvalue weighted by molar-refractivity contribution is 6.47. The van der Waals surface area contributed by atoms with E-state index < -0.39 is 11.8 Å². The molecule has 0 radical (unpaired) electrons. The number of carbonyl (C=O) groups is 3. The van der Waals surface area contributed by atoms with Gasteiger partial charge in [-0.05, 0) is 67.0 Å². The van der Waals surface area contributed by atoms with E-state index >= 15 is 0 Å². The molecule has 0 bridgehead atoms. The minimum Gasteiger partial charge on any atom is -0.481 e. The molecule has 7 nitrogen and oxygen atoms in total. The minimum atomic E-state index is -0.979. The van der Waals surface area contributed by atoms with Crippen LogP contribution >= 0.6 is 11.6 Å². The molecule has 2 aromatic carbocycles. The Morgan fingerprint density at radius 1 is 1.18 bits per heavy atom. The molecule has 1 aliphatic heterocycles. The van der Waals surface area contributed by atoms with Crippen molar-refractivity contribution < 1.29 is 23.9 Å². The average molecular weight is 556 g/mol. The normalized spacial score (nSPS) is 23.9. The predicted molar refractivity (Wildman–Crippen MR) is 148 cm³/mol. The molecule has 0 spiro atoms.